The van der Waals surface area contributed by atoms with Crippen molar-refractivity contribution >= 4 is 41.4 Å². The van der Waals surface area contributed by atoms with Crippen LogP contribution in [-0.2, 0) is 124 Å². The quantitative estimate of drug-likeness (QED) is 0.0277. The molecule has 10 heterocycles. The maximum Gasteiger partial charge on any atom is 0.364 e. The zero-order chi connectivity index (χ0) is 99.2. The second-order valence-corrected chi connectivity index (χ2v) is 33.9. The smallest absolute Gasteiger partial charge is 0.364 e. The summed E-state index contributed by atoms with van der Waals surface area (Å²) in [7, 11) is 0. The van der Waals surface area contributed by atoms with E-state index < -0.39 is 420 Å². The molecule has 0 aromatic carbocycles. The molecule has 772 valence electrons. The zero-order valence-corrected chi connectivity index (χ0v) is 72.6. The van der Waals surface area contributed by atoms with E-state index in [1.54, 1.807) is 0 Å². The fourth-order valence-electron chi connectivity index (χ4n) is 17.4. The molecule has 10 rings (SSSR count). The van der Waals surface area contributed by atoms with E-state index in [4.69, 9.17) is 90.0 Å². The van der Waals surface area contributed by atoms with Crippen LogP contribution in [-0.4, -0.2) is 551 Å². The topological polar surface area (TPSA) is 913 Å². The highest BCUT2D eigenvalue weighted by atomic mass is 16.8. The maximum atomic E-state index is 13.4. The first-order chi connectivity index (χ1) is 63.2. The molecular formula is C75H124N6O53. The molecule has 10 aliphatic rings. The van der Waals surface area contributed by atoms with E-state index in [0.717, 1.165) is 41.5 Å². The lowest BCUT2D eigenvalue weighted by atomic mass is 9.88. The van der Waals surface area contributed by atoms with Crippen LogP contribution in [0.15, 0.2) is 0 Å². The first kappa shape index (κ1) is 110. The second kappa shape index (κ2) is 47.8. The number of nitrogens with one attached hydrogen (secondary N) is 6. The highest BCUT2D eigenvalue weighted by molar-refractivity contribution is 5.77. The number of amides is 6. The van der Waals surface area contributed by atoms with Crippen molar-refractivity contribution in [3.05, 3.63) is 0 Å². The highest BCUT2D eigenvalue weighted by Gasteiger charge is 2.64. The molecule has 0 spiro atoms. The van der Waals surface area contributed by atoms with Crippen molar-refractivity contribution in [2.75, 3.05) is 59.5 Å². The highest BCUT2D eigenvalue weighted by Crippen LogP contribution is 2.43. The van der Waals surface area contributed by atoms with Crippen LogP contribution in [0.25, 0.3) is 0 Å². The van der Waals surface area contributed by atoms with Gasteiger partial charge >= 0.3 is 5.97 Å². The number of carbonyl (C=O) groups excluding carboxylic acids is 6. The molecule has 51 atom stereocenters. The van der Waals surface area contributed by atoms with Gasteiger partial charge in [0.25, 0.3) is 5.79 Å². The van der Waals surface area contributed by atoms with Crippen LogP contribution >= 0.6 is 0 Å². The minimum Gasteiger partial charge on any atom is -0.477 e. The number of hydrogen-bond acceptors (Lipinski definition) is 52. The van der Waals surface area contributed by atoms with Gasteiger partial charge in [-0.1, -0.05) is 0 Å². The van der Waals surface area contributed by atoms with Gasteiger partial charge in [0.1, 0.15) is 232 Å². The molecule has 6 amide bonds. The number of carbonyl (C=O) groups is 7. The molecule has 10 aliphatic heterocycles. The van der Waals surface area contributed by atoms with Crippen LogP contribution in [0.4, 0.5) is 0 Å². The molecular weight excluding hydrogens is 1830 g/mol. The lowest BCUT2D eigenvalue weighted by molar-refractivity contribution is -0.390. The van der Waals surface area contributed by atoms with Crippen LogP contribution in [0.5, 0.6) is 0 Å². The van der Waals surface area contributed by atoms with Crippen molar-refractivity contribution in [1.29, 1.82) is 0 Å². The average Bonchev–Trinajstić information content (AvgIpc) is 0.750. The number of aliphatic hydroxyl groups excluding tert-OH is 26. The standard InChI is InChI=1S/C75H124N6O53/c1-18-41(98)51(108)53(110)70(117-18)132-64-52(109)43(100)27(10-83)122-73(64)128-58-33(16-89)125-68(38(50(58)107)79-22(5)93)130-62-45(102)29(12-85)120-71(54(62)111)126-56-31(14-87)123-66(36(48(56)105)77-20(3)91)116-17-34-47(104)59(39(65(113)118-34)80-23(6)94)129-67-37(78-21(4)92)49(106)57(32(15-88)124-67)127-72-55(112)63(46(103)30(13-86)121-72)131-69-40(81-24(7)95)61(44(101)28(11-84)119-69)134-75(74(114)115)8-25(96)35(76-19(2)90)60(133-75)42(99)26(97)9-82/h18,25-73,82-89,96-113H,8-17H2,1-7H3,(H,76,90)(H,77,91)(H,78,92)(H,79,93)(H,80,94)(H,81,95)(H,114,115)/t18-,25-,26+,27+,28+,29+,30+,31+,32+,33+,34+,35+,36+,37+,38+,39+,40+,41+,42+,43-,44+,45-,46-,47-,48+,49+,50+,51+,52-,53-,54+,55+,56+,57+,58+,59+,60+,61+,62-,63-,64+,65+,66+,67-,68-,69-,70-,71-,72-,73-,75-/m0/s1. The molecule has 0 aromatic rings. The first-order valence-electron chi connectivity index (χ1n) is 42.6. The van der Waals surface area contributed by atoms with Gasteiger partial charge in [0.15, 0.2) is 56.6 Å². The summed E-state index contributed by atoms with van der Waals surface area (Å²) in [5, 5.41) is 316. The van der Waals surface area contributed by atoms with Crippen LogP contribution in [0.1, 0.15) is 54.9 Å². The summed E-state index contributed by atoms with van der Waals surface area (Å²) >= 11 is 0. The summed E-state index contributed by atoms with van der Waals surface area (Å²) in [6.07, 6.45) is -92.4. The van der Waals surface area contributed by atoms with Crippen molar-refractivity contribution in [1.82, 2.24) is 31.9 Å². The van der Waals surface area contributed by atoms with Crippen molar-refractivity contribution in [3.63, 3.8) is 0 Å². The summed E-state index contributed by atoms with van der Waals surface area (Å²) in [5.74, 6) is -11.1. The minimum absolute atomic E-state index is 0.875. The zero-order valence-electron chi connectivity index (χ0n) is 72.6. The fourth-order valence-corrected chi connectivity index (χ4v) is 17.4. The van der Waals surface area contributed by atoms with E-state index in [1.807, 2.05) is 0 Å². The number of ether oxygens (including phenoxy) is 19. The molecule has 59 nitrogen and oxygen atoms in total. The molecule has 10 fully saturated rings. The molecule has 0 radical (unpaired) electrons. The summed E-state index contributed by atoms with van der Waals surface area (Å²) < 4.78 is 112. The Morgan fingerprint density at radius 1 is 0.321 bits per heavy atom. The van der Waals surface area contributed by atoms with Crippen LogP contribution < -0.4 is 31.9 Å². The Labute approximate surface area is 759 Å². The lowest BCUT2D eigenvalue weighted by Gasteiger charge is -2.52. The summed E-state index contributed by atoms with van der Waals surface area (Å²) in [5.41, 5.74) is 0. The van der Waals surface area contributed by atoms with Crippen molar-refractivity contribution in [2.45, 2.75) is 367 Å². The predicted molar refractivity (Wildman–Crippen MR) is 415 cm³/mol. The number of carboxylic acid groups (broad SMARTS) is 1. The third-order valence-electron chi connectivity index (χ3n) is 24.2. The lowest BCUT2D eigenvalue weighted by Crippen LogP contribution is -2.72. The van der Waals surface area contributed by atoms with Gasteiger partial charge in [0.2, 0.25) is 35.4 Å². The number of carboxylic acids is 1. The monoisotopic (exact) mass is 1960 g/mol. The third-order valence-corrected chi connectivity index (χ3v) is 24.2. The fraction of sp³-hybridized carbons (Fsp3) is 0.907. The second-order valence-electron chi connectivity index (χ2n) is 33.9. The summed E-state index contributed by atoms with van der Waals surface area (Å²) in [6.45, 7) is -3.42. The minimum atomic E-state index is -3.29. The van der Waals surface area contributed by atoms with E-state index in [2.05, 4.69) is 31.9 Å². The Morgan fingerprint density at radius 2 is 0.657 bits per heavy atom. The Morgan fingerprint density at radius 3 is 1.09 bits per heavy atom. The van der Waals surface area contributed by atoms with Gasteiger partial charge in [0.05, 0.1) is 77.7 Å². The van der Waals surface area contributed by atoms with Gasteiger partial charge in [-0.05, 0) is 6.92 Å². The Balaban J connectivity index is 0.839. The van der Waals surface area contributed by atoms with E-state index in [0.29, 0.717) is 0 Å². The predicted octanol–water partition coefficient (Wildman–Crippen LogP) is -21.7. The molecule has 0 bridgehead atoms. The molecule has 59 heteroatoms. The van der Waals surface area contributed by atoms with Crippen LogP contribution in [0.3, 0.4) is 0 Å². The molecule has 134 heavy (non-hydrogen) atoms. The number of rotatable bonds is 36. The van der Waals surface area contributed by atoms with E-state index in [-0.39, 0.29) is 0 Å². The maximum absolute atomic E-state index is 13.4. The summed E-state index contributed by atoms with van der Waals surface area (Å²) in [4.78, 5) is 90.8. The normalized spacial score (nSPS) is 46.7. The Kier molecular flexibility index (Phi) is 39.4. The summed E-state index contributed by atoms with van der Waals surface area (Å²) in [6, 6.07) is -11.5. The SMILES string of the molecule is CC(=O)N[C@@H]1[C@@H](O[C@@H]2O[C@H](CO)[C@@H](O[C@@H]3O[C@H](CO)[C@H](O)[C@H](O[C@@H]4O[C@H](CO)[C@@H](O)[C@H](O[C@]5(C(=O)O)C[C@H](O)[C@@H](NC(C)=O)[C@H]([C@H](O)[C@H](O)CO)O5)[C@H]4NC(C)=O)[C@H]3O)[C@H](O)[C@H]2NC(C)=O)[C@@H](O)[C@@H](CO[C@@H]2O[C@H](CO)[C@@H](O[C@@H]3O[C@H](CO)[C@H](O)[C@H](O[C@@H]4O[C@H](CO)[C@@H](O[C@@H]5O[C@H](CO)[C@H](O)[C@H](O)[C@H]5O[C@@H]5O[C@@H](C)[C@@H](O)[C@@H](O)[C@@H]5O)[C@H](O)[C@H]4NC(C)=O)[C@H]3O)[C@H](O)[C@H]2NC(C)=O)O[C@H]1O. The van der Waals surface area contributed by atoms with Gasteiger partial charge in [-0.2, -0.15) is 0 Å². The van der Waals surface area contributed by atoms with Gasteiger partial charge in [-0.25, -0.2) is 4.79 Å². The Bertz CT molecular complexity index is 3800. The van der Waals surface area contributed by atoms with Gasteiger partial charge in [-0.15, -0.1) is 0 Å². The average molecular weight is 1960 g/mol. The largest absolute Gasteiger partial charge is 0.477 e. The molecule has 10 saturated heterocycles. The van der Waals surface area contributed by atoms with Crippen LogP contribution in [0.2, 0.25) is 0 Å². The van der Waals surface area contributed by atoms with Gasteiger partial charge < -0.3 is 260 Å². The van der Waals surface area contributed by atoms with Gasteiger partial charge in [-0.3, -0.25) is 28.8 Å². The number of aliphatic carboxylic acids is 1. The molecule has 0 unspecified atom stereocenters. The molecule has 0 aromatic heterocycles. The van der Waals surface area contributed by atoms with E-state index >= 15 is 0 Å². The van der Waals surface area contributed by atoms with E-state index in [9.17, 15) is 171 Å². The van der Waals surface area contributed by atoms with Crippen molar-refractivity contribution in [3.8, 4) is 0 Å². The van der Waals surface area contributed by atoms with Crippen molar-refractivity contribution < 1.29 is 261 Å². The van der Waals surface area contributed by atoms with Crippen LogP contribution in [0, 0.1) is 0 Å². The molecule has 0 saturated carbocycles. The molecule has 33 N–H and O–H groups in total. The Hall–Kier alpha value is -5.51. The van der Waals surface area contributed by atoms with Gasteiger partial charge in [0, 0.05) is 48.0 Å². The first-order valence-corrected chi connectivity index (χ1v) is 42.6. The van der Waals surface area contributed by atoms with Crippen molar-refractivity contribution in [2.24, 2.45) is 0 Å². The number of aliphatic hydroxyl groups is 26. The van der Waals surface area contributed by atoms with E-state index in [1.165, 1.54) is 6.92 Å². The number of hydrogen-bond donors (Lipinski definition) is 33. The third kappa shape index (κ3) is 24.6. The molecule has 0 aliphatic carbocycles.